The summed E-state index contributed by atoms with van der Waals surface area (Å²) in [6.07, 6.45) is 0. The Labute approximate surface area is 150 Å². The van der Waals surface area contributed by atoms with Gasteiger partial charge in [-0.25, -0.2) is 0 Å². The molecule has 1 aliphatic rings. The van der Waals surface area contributed by atoms with Crippen molar-refractivity contribution < 1.29 is 4.79 Å². The summed E-state index contributed by atoms with van der Waals surface area (Å²) >= 11 is 5.35. The smallest absolute Gasteiger partial charge is 0.253 e. The number of hydrogen-bond donors (Lipinski definition) is 2. The summed E-state index contributed by atoms with van der Waals surface area (Å²) in [7, 11) is 0. The fraction of sp³-hybridized carbons (Fsp3) is 0.474. The predicted molar refractivity (Wildman–Crippen MR) is 103 cm³/mol. The van der Waals surface area contributed by atoms with E-state index in [2.05, 4.69) is 43.5 Å². The Hall–Kier alpha value is -1.88. The van der Waals surface area contributed by atoms with Gasteiger partial charge in [0, 0.05) is 18.8 Å². The number of benzene rings is 1. The third kappa shape index (κ3) is 3.46. The van der Waals surface area contributed by atoms with Crippen molar-refractivity contribution in [2.45, 2.75) is 47.6 Å². The zero-order chi connectivity index (χ0) is 18.0. The number of hydrogen-bond acceptors (Lipinski definition) is 2. The van der Waals surface area contributed by atoms with Crippen molar-refractivity contribution in [2.24, 2.45) is 0 Å². The molecule has 24 heavy (non-hydrogen) atoms. The highest BCUT2D eigenvalue weighted by atomic mass is 32.1. The topological polar surface area (TPSA) is 44.4 Å². The van der Waals surface area contributed by atoms with Gasteiger partial charge in [0.2, 0.25) is 0 Å². The minimum Gasteiger partial charge on any atom is -0.351 e. The van der Waals surface area contributed by atoms with Gasteiger partial charge >= 0.3 is 0 Å². The van der Waals surface area contributed by atoms with Crippen LogP contribution >= 0.6 is 12.2 Å². The normalized spacial score (nSPS) is 17.4. The predicted octanol–water partition coefficient (Wildman–Crippen LogP) is 3.27. The summed E-state index contributed by atoms with van der Waals surface area (Å²) in [6, 6.07) is 4.10. The Bertz CT molecular complexity index is 682. The maximum atomic E-state index is 13.1. The van der Waals surface area contributed by atoms with Crippen molar-refractivity contribution in [2.75, 3.05) is 13.1 Å². The number of likely N-dealkylation sites (N-methyl/N-ethyl adjacent to an activating group) is 1. The van der Waals surface area contributed by atoms with E-state index in [0.717, 1.165) is 16.8 Å². The number of carbonyl (C=O) groups is 1. The van der Waals surface area contributed by atoms with Crippen LogP contribution in [0.3, 0.4) is 0 Å². The number of nitrogens with one attached hydrogen (secondary N) is 2. The molecule has 0 aliphatic carbocycles. The quantitative estimate of drug-likeness (QED) is 0.822. The van der Waals surface area contributed by atoms with Gasteiger partial charge in [-0.2, -0.15) is 0 Å². The van der Waals surface area contributed by atoms with Gasteiger partial charge in [-0.05, 0) is 70.5 Å². The molecule has 0 fully saturated rings. The van der Waals surface area contributed by atoms with Crippen molar-refractivity contribution in [1.82, 2.24) is 15.5 Å². The van der Waals surface area contributed by atoms with Crippen LogP contribution in [-0.2, 0) is 4.79 Å². The van der Waals surface area contributed by atoms with Crippen LogP contribution in [0.1, 0.15) is 49.1 Å². The van der Waals surface area contributed by atoms with Crippen molar-refractivity contribution in [1.29, 1.82) is 0 Å². The number of amides is 1. The third-order valence-corrected chi connectivity index (χ3v) is 4.80. The molecule has 0 saturated carbocycles. The zero-order valence-corrected chi connectivity index (χ0v) is 16.2. The second kappa shape index (κ2) is 7.34. The van der Waals surface area contributed by atoms with Crippen LogP contribution < -0.4 is 10.6 Å². The molecule has 0 aromatic heterocycles. The molecule has 2 rings (SSSR count). The van der Waals surface area contributed by atoms with Crippen LogP contribution in [0.25, 0.3) is 0 Å². The van der Waals surface area contributed by atoms with Crippen molar-refractivity contribution in [3.05, 3.63) is 45.7 Å². The Morgan fingerprint density at radius 3 is 2.17 bits per heavy atom. The van der Waals surface area contributed by atoms with Gasteiger partial charge in [0.15, 0.2) is 5.11 Å². The molecule has 5 heteroatoms. The second-order valence-electron chi connectivity index (χ2n) is 6.36. The van der Waals surface area contributed by atoms with E-state index in [1.807, 2.05) is 25.7 Å². The highest BCUT2D eigenvalue weighted by Crippen LogP contribution is 2.33. The maximum Gasteiger partial charge on any atom is 0.253 e. The molecule has 0 bridgehead atoms. The Morgan fingerprint density at radius 2 is 1.67 bits per heavy atom. The fourth-order valence-electron chi connectivity index (χ4n) is 3.52. The van der Waals surface area contributed by atoms with E-state index in [9.17, 15) is 4.79 Å². The first-order chi connectivity index (χ1) is 11.3. The Balaban J connectivity index is 2.60. The molecule has 0 unspecified atom stereocenters. The molecule has 0 spiro atoms. The number of carbonyl (C=O) groups excluding carboxylic acids is 1. The van der Waals surface area contributed by atoms with Crippen LogP contribution in [0.15, 0.2) is 23.4 Å². The zero-order valence-electron chi connectivity index (χ0n) is 15.4. The van der Waals surface area contributed by atoms with Gasteiger partial charge in [-0.3, -0.25) is 4.79 Å². The number of aryl methyl sites for hydroxylation is 3. The largest absolute Gasteiger partial charge is 0.351 e. The van der Waals surface area contributed by atoms with Gasteiger partial charge in [0.1, 0.15) is 0 Å². The SMILES string of the molecule is CCN(CC)C(=O)C1=C(C)NC(=S)N[C@H]1c1c(C)cc(C)cc1C. The average Bonchev–Trinajstić information content (AvgIpc) is 2.46. The molecule has 0 saturated heterocycles. The molecular formula is C19H27N3OS. The molecule has 2 N–H and O–H groups in total. The average molecular weight is 346 g/mol. The number of allylic oxidation sites excluding steroid dienone is 1. The first-order valence-corrected chi connectivity index (χ1v) is 8.86. The van der Waals surface area contributed by atoms with Crippen molar-refractivity contribution >= 4 is 23.2 Å². The van der Waals surface area contributed by atoms with Gasteiger partial charge in [-0.1, -0.05) is 17.7 Å². The summed E-state index contributed by atoms with van der Waals surface area (Å²) in [5, 5.41) is 6.99. The van der Waals surface area contributed by atoms with Crippen molar-refractivity contribution in [3.8, 4) is 0 Å². The van der Waals surface area contributed by atoms with E-state index in [4.69, 9.17) is 12.2 Å². The number of thiocarbonyl (C=S) groups is 1. The van der Waals surface area contributed by atoms with Gasteiger partial charge in [0.05, 0.1) is 11.6 Å². The molecule has 130 valence electrons. The van der Waals surface area contributed by atoms with E-state index in [-0.39, 0.29) is 11.9 Å². The molecule has 0 radical (unpaired) electrons. The second-order valence-corrected chi connectivity index (χ2v) is 6.77. The van der Waals surface area contributed by atoms with Gasteiger partial charge < -0.3 is 15.5 Å². The lowest BCUT2D eigenvalue weighted by Gasteiger charge is -2.34. The standard InChI is InChI=1S/C19H27N3OS/c1-7-22(8-2)18(23)16-14(6)20-19(24)21-17(16)15-12(4)9-11(3)10-13(15)5/h9-10,17H,7-8H2,1-6H3,(H2,20,21,24)/t17-/m0/s1. The molecule has 4 nitrogen and oxygen atoms in total. The minimum atomic E-state index is -0.215. The first-order valence-electron chi connectivity index (χ1n) is 8.45. The summed E-state index contributed by atoms with van der Waals surface area (Å²) < 4.78 is 0. The van der Waals surface area contributed by atoms with Crippen LogP contribution in [0, 0.1) is 20.8 Å². The number of nitrogens with zero attached hydrogens (tertiary/aromatic N) is 1. The van der Waals surface area contributed by atoms with Gasteiger partial charge in [-0.15, -0.1) is 0 Å². The van der Waals surface area contributed by atoms with E-state index < -0.39 is 0 Å². The molecule has 1 atom stereocenters. The lowest BCUT2D eigenvalue weighted by atomic mass is 9.87. The first kappa shape index (κ1) is 18.5. The summed E-state index contributed by atoms with van der Waals surface area (Å²) in [5.41, 5.74) is 6.30. The van der Waals surface area contributed by atoms with Crippen molar-refractivity contribution in [3.63, 3.8) is 0 Å². The van der Waals surface area contributed by atoms with E-state index in [1.165, 1.54) is 16.7 Å². The van der Waals surface area contributed by atoms with Crippen LogP contribution in [0.2, 0.25) is 0 Å². The fourth-order valence-corrected chi connectivity index (χ4v) is 3.79. The lowest BCUT2D eigenvalue weighted by Crippen LogP contribution is -2.48. The highest BCUT2D eigenvalue weighted by Gasteiger charge is 2.33. The number of rotatable bonds is 4. The third-order valence-electron chi connectivity index (χ3n) is 4.58. The van der Waals surface area contributed by atoms with E-state index in [0.29, 0.717) is 18.2 Å². The van der Waals surface area contributed by atoms with Gasteiger partial charge in [0.25, 0.3) is 5.91 Å². The molecule has 1 amide bonds. The Morgan fingerprint density at radius 1 is 1.12 bits per heavy atom. The summed E-state index contributed by atoms with van der Waals surface area (Å²) in [6.45, 7) is 13.6. The molecule has 1 aromatic rings. The summed E-state index contributed by atoms with van der Waals surface area (Å²) in [4.78, 5) is 14.9. The van der Waals surface area contributed by atoms with E-state index in [1.54, 1.807) is 0 Å². The maximum absolute atomic E-state index is 13.1. The molecule has 1 aromatic carbocycles. The van der Waals surface area contributed by atoms with Crippen LogP contribution in [0.5, 0.6) is 0 Å². The lowest BCUT2D eigenvalue weighted by molar-refractivity contribution is -0.127. The van der Waals surface area contributed by atoms with E-state index >= 15 is 0 Å². The summed E-state index contributed by atoms with van der Waals surface area (Å²) in [5.74, 6) is 0.0596. The molecule has 1 heterocycles. The highest BCUT2D eigenvalue weighted by molar-refractivity contribution is 7.80. The Kier molecular flexibility index (Phi) is 5.65. The van der Waals surface area contributed by atoms with Crippen LogP contribution in [-0.4, -0.2) is 29.0 Å². The minimum absolute atomic E-state index is 0.0596. The molecule has 1 aliphatic heterocycles. The van der Waals surface area contributed by atoms with Crippen LogP contribution in [0.4, 0.5) is 0 Å². The monoisotopic (exact) mass is 345 g/mol. The molecular weight excluding hydrogens is 318 g/mol.